The molecule has 0 rings (SSSR count). The van der Waals surface area contributed by atoms with Crippen LogP contribution >= 0.6 is 0 Å². The highest BCUT2D eigenvalue weighted by Gasteiger charge is 2.18. The Morgan fingerprint density at radius 1 is 1.09 bits per heavy atom. The van der Waals surface area contributed by atoms with Crippen LogP contribution in [0.25, 0.3) is 0 Å². The minimum atomic E-state index is -0.431. The third-order valence-electron chi connectivity index (χ3n) is 3.71. The number of nitrogens with one attached hydrogen (secondary N) is 1. The van der Waals surface area contributed by atoms with E-state index in [2.05, 4.69) is 31.0 Å². The monoisotopic (exact) mass is 314 g/mol. The molecule has 0 aliphatic heterocycles. The Morgan fingerprint density at radius 3 is 2.27 bits per heavy atom. The number of ether oxygens (including phenoxy) is 1. The van der Waals surface area contributed by atoms with Gasteiger partial charge in [0.1, 0.15) is 5.60 Å². The quantitative estimate of drug-likeness (QED) is 0.567. The molecule has 0 aliphatic carbocycles. The van der Waals surface area contributed by atoms with Crippen LogP contribution in [0.3, 0.4) is 0 Å². The lowest BCUT2D eigenvalue weighted by Crippen LogP contribution is -2.42. The normalized spacial score (nSPS) is 13.2. The highest BCUT2D eigenvalue weighted by Crippen LogP contribution is 2.14. The number of rotatable bonds is 11. The molecule has 4 heteroatoms. The van der Waals surface area contributed by atoms with E-state index in [0.717, 1.165) is 19.5 Å². The SMILES string of the molecule is CCCCCC(CC)N(CCC)CCNC(=O)OC(C)(C)C. The molecule has 1 N–H and O–H groups in total. The first kappa shape index (κ1) is 21.2. The van der Waals surface area contributed by atoms with Crippen LogP contribution in [0.4, 0.5) is 4.79 Å². The third-order valence-corrected chi connectivity index (χ3v) is 3.71. The van der Waals surface area contributed by atoms with E-state index in [1.54, 1.807) is 0 Å². The van der Waals surface area contributed by atoms with Crippen molar-refractivity contribution < 1.29 is 9.53 Å². The van der Waals surface area contributed by atoms with Gasteiger partial charge in [-0.25, -0.2) is 4.79 Å². The van der Waals surface area contributed by atoms with E-state index < -0.39 is 5.60 Å². The second-order valence-corrected chi connectivity index (χ2v) is 7.02. The van der Waals surface area contributed by atoms with Crippen molar-refractivity contribution in [3.8, 4) is 0 Å². The largest absolute Gasteiger partial charge is 0.444 e. The standard InChI is InChI=1S/C18H38N2O2/c1-7-10-11-12-16(9-3)20(14-8-2)15-13-19-17(21)22-18(4,5)6/h16H,7-15H2,1-6H3,(H,19,21). The molecule has 4 nitrogen and oxygen atoms in total. The third kappa shape index (κ3) is 10.9. The Morgan fingerprint density at radius 2 is 1.77 bits per heavy atom. The lowest BCUT2D eigenvalue weighted by atomic mass is 10.0. The van der Waals surface area contributed by atoms with Gasteiger partial charge in [0.05, 0.1) is 0 Å². The van der Waals surface area contributed by atoms with Crippen molar-refractivity contribution in [3.05, 3.63) is 0 Å². The van der Waals surface area contributed by atoms with Gasteiger partial charge in [-0.1, -0.05) is 40.0 Å². The van der Waals surface area contributed by atoms with Gasteiger partial charge in [0, 0.05) is 19.1 Å². The molecule has 0 fully saturated rings. The molecule has 0 aliphatic rings. The van der Waals surface area contributed by atoms with Crippen LogP contribution in [0.15, 0.2) is 0 Å². The first-order valence-electron chi connectivity index (χ1n) is 9.04. The molecule has 22 heavy (non-hydrogen) atoms. The predicted molar refractivity (Wildman–Crippen MR) is 94.3 cm³/mol. The molecule has 0 saturated carbocycles. The molecule has 0 aromatic heterocycles. The van der Waals surface area contributed by atoms with E-state index in [9.17, 15) is 4.79 Å². The number of nitrogens with zero attached hydrogens (tertiary/aromatic N) is 1. The number of hydrogen-bond acceptors (Lipinski definition) is 3. The van der Waals surface area contributed by atoms with E-state index in [4.69, 9.17) is 4.74 Å². The van der Waals surface area contributed by atoms with Gasteiger partial charge >= 0.3 is 6.09 Å². The Labute approximate surface area is 138 Å². The van der Waals surface area contributed by atoms with Gasteiger partial charge in [-0.05, 0) is 46.6 Å². The minimum absolute atomic E-state index is 0.317. The van der Waals surface area contributed by atoms with Crippen LogP contribution in [-0.4, -0.2) is 42.3 Å². The maximum absolute atomic E-state index is 11.7. The van der Waals surface area contributed by atoms with Crippen molar-refractivity contribution in [2.75, 3.05) is 19.6 Å². The summed E-state index contributed by atoms with van der Waals surface area (Å²) in [6.45, 7) is 15.0. The topological polar surface area (TPSA) is 41.6 Å². The molecule has 132 valence electrons. The average Bonchev–Trinajstić information content (AvgIpc) is 2.41. The van der Waals surface area contributed by atoms with Crippen molar-refractivity contribution in [3.63, 3.8) is 0 Å². The van der Waals surface area contributed by atoms with Crippen molar-refractivity contribution in [2.45, 2.75) is 91.7 Å². The van der Waals surface area contributed by atoms with Crippen LogP contribution in [0.1, 0.15) is 80.1 Å². The molecule has 1 atom stereocenters. The molecule has 1 unspecified atom stereocenters. The van der Waals surface area contributed by atoms with E-state index in [1.165, 1.54) is 32.1 Å². The molecule has 0 aromatic carbocycles. The van der Waals surface area contributed by atoms with Crippen LogP contribution < -0.4 is 5.32 Å². The Bertz CT molecular complexity index is 287. The fourth-order valence-electron chi connectivity index (χ4n) is 2.65. The summed E-state index contributed by atoms with van der Waals surface area (Å²) >= 11 is 0. The Kier molecular flexibility index (Phi) is 11.3. The highest BCUT2D eigenvalue weighted by atomic mass is 16.6. The number of amides is 1. The lowest BCUT2D eigenvalue weighted by molar-refractivity contribution is 0.0517. The van der Waals surface area contributed by atoms with Gasteiger partial charge in [-0.2, -0.15) is 0 Å². The smallest absolute Gasteiger partial charge is 0.407 e. The summed E-state index contributed by atoms with van der Waals surface area (Å²) in [4.78, 5) is 14.2. The maximum atomic E-state index is 11.7. The van der Waals surface area contributed by atoms with Crippen LogP contribution in [-0.2, 0) is 4.74 Å². The summed E-state index contributed by atoms with van der Waals surface area (Å²) in [5.41, 5.74) is -0.431. The van der Waals surface area contributed by atoms with Gasteiger partial charge in [-0.3, -0.25) is 4.90 Å². The van der Waals surface area contributed by atoms with Crippen molar-refractivity contribution in [2.24, 2.45) is 0 Å². The first-order chi connectivity index (χ1) is 10.3. The zero-order chi connectivity index (χ0) is 17.0. The summed E-state index contributed by atoms with van der Waals surface area (Å²) in [6, 6.07) is 0.631. The fraction of sp³-hybridized carbons (Fsp3) is 0.944. The van der Waals surface area contributed by atoms with Gasteiger partial charge in [0.25, 0.3) is 0 Å². The number of carbonyl (C=O) groups excluding carboxylic acids is 1. The van der Waals surface area contributed by atoms with E-state index in [1.807, 2.05) is 20.8 Å². The minimum Gasteiger partial charge on any atom is -0.444 e. The van der Waals surface area contributed by atoms with Gasteiger partial charge in [0.2, 0.25) is 0 Å². The maximum Gasteiger partial charge on any atom is 0.407 e. The average molecular weight is 315 g/mol. The number of carbonyl (C=O) groups is 1. The number of alkyl carbamates (subject to hydrolysis) is 1. The van der Waals surface area contributed by atoms with Crippen LogP contribution in [0.5, 0.6) is 0 Å². The van der Waals surface area contributed by atoms with Crippen molar-refractivity contribution in [1.29, 1.82) is 0 Å². The Balaban J connectivity index is 4.23. The summed E-state index contributed by atoms with van der Waals surface area (Å²) in [5, 5.41) is 2.87. The summed E-state index contributed by atoms with van der Waals surface area (Å²) < 4.78 is 5.28. The van der Waals surface area contributed by atoms with Crippen LogP contribution in [0, 0.1) is 0 Å². The van der Waals surface area contributed by atoms with E-state index >= 15 is 0 Å². The molecule has 0 aromatic rings. The molecule has 0 saturated heterocycles. The number of unbranched alkanes of at least 4 members (excludes halogenated alkanes) is 2. The number of hydrogen-bond donors (Lipinski definition) is 1. The molecule has 0 bridgehead atoms. The van der Waals surface area contributed by atoms with Gasteiger partial charge < -0.3 is 10.1 Å². The van der Waals surface area contributed by atoms with E-state index in [-0.39, 0.29) is 6.09 Å². The van der Waals surface area contributed by atoms with Gasteiger partial charge in [-0.15, -0.1) is 0 Å². The second-order valence-electron chi connectivity index (χ2n) is 7.02. The molecule has 0 heterocycles. The summed E-state index contributed by atoms with van der Waals surface area (Å²) in [7, 11) is 0. The van der Waals surface area contributed by atoms with Crippen molar-refractivity contribution in [1.82, 2.24) is 10.2 Å². The lowest BCUT2D eigenvalue weighted by Gasteiger charge is -2.31. The molecular formula is C18H38N2O2. The van der Waals surface area contributed by atoms with Gasteiger partial charge in [0.15, 0.2) is 0 Å². The molecule has 0 radical (unpaired) electrons. The predicted octanol–water partition coefficient (Wildman–Crippen LogP) is 4.58. The second kappa shape index (κ2) is 11.8. The first-order valence-corrected chi connectivity index (χ1v) is 9.04. The van der Waals surface area contributed by atoms with Crippen molar-refractivity contribution >= 4 is 6.09 Å². The highest BCUT2D eigenvalue weighted by molar-refractivity contribution is 5.67. The zero-order valence-corrected chi connectivity index (χ0v) is 15.7. The summed E-state index contributed by atoms with van der Waals surface area (Å²) in [5.74, 6) is 0. The van der Waals surface area contributed by atoms with E-state index in [0.29, 0.717) is 12.6 Å². The fourth-order valence-corrected chi connectivity index (χ4v) is 2.65. The summed E-state index contributed by atoms with van der Waals surface area (Å²) in [6.07, 6.45) is 7.15. The molecule has 0 spiro atoms. The zero-order valence-electron chi connectivity index (χ0n) is 15.7. The van der Waals surface area contributed by atoms with Crippen LogP contribution in [0.2, 0.25) is 0 Å². The molecule has 1 amide bonds. The molecular weight excluding hydrogens is 276 g/mol. The Hall–Kier alpha value is -0.770.